The average Bonchev–Trinajstić information content (AvgIpc) is 2.90. The fourth-order valence-corrected chi connectivity index (χ4v) is 4.91. The number of hydrogen-bond donors (Lipinski definition) is 2. The van der Waals surface area contributed by atoms with Crippen LogP contribution < -0.4 is 10.2 Å². The first kappa shape index (κ1) is 26.0. The van der Waals surface area contributed by atoms with E-state index in [1.807, 2.05) is 36.4 Å². The molecule has 1 aliphatic heterocycles. The van der Waals surface area contributed by atoms with Gasteiger partial charge >= 0.3 is 0 Å². The lowest BCUT2D eigenvalue weighted by atomic mass is 10.1. The van der Waals surface area contributed by atoms with E-state index >= 15 is 0 Å². The molecular formula is C29H30ClN5O3. The number of nitrogens with one attached hydrogen (secondary N) is 1. The Morgan fingerprint density at radius 2 is 1.87 bits per heavy atom. The monoisotopic (exact) mass is 531 g/mol. The van der Waals surface area contributed by atoms with Crippen LogP contribution in [0, 0.1) is 0 Å². The number of benzene rings is 1. The van der Waals surface area contributed by atoms with Crippen LogP contribution in [0.5, 0.6) is 0 Å². The van der Waals surface area contributed by atoms with Gasteiger partial charge in [0.1, 0.15) is 5.82 Å². The molecule has 9 heteroatoms. The molecule has 5 rings (SSSR count). The molecule has 8 nitrogen and oxygen atoms in total. The van der Waals surface area contributed by atoms with Gasteiger partial charge in [-0.05, 0) is 74.9 Å². The average molecular weight is 532 g/mol. The zero-order valence-corrected chi connectivity index (χ0v) is 22.3. The van der Waals surface area contributed by atoms with Gasteiger partial charge in [0.05, 0.1) is 47.5 Å². The number of fused-ring (bicyclic) bond motifs is 1. The standard InChI is InChI=1S/C29H30ClN5O3/c1-17-15-35(16-18(2)38-17)28-6-4-5-25(34-28)26-8-7-20-13-31-24(12-27(20)33-26)14-32-29(37)22-9-21(19(3)36)10-23(30)11-22/h4-13,17-19,36H,14-16H2,1-3H3,(H,32,37)/t17-,18+,19-/m0/s1. The highest BCUT2D eigenvalue weighted by atomic mass is 35.5. The number of nitrogens with zero attached hydrogens (tertiary/aromatic N) is 4. The van der Waals surface area contributed by atoms with Crippen molar-refractivity contribution in [3.05, 3.63) is 82.6 Å². The van der Waals surface area contributed by atoms with Gasteiger partial charge in [-0.1, -0.05) is 17.7 Å². The third-order valence-corrected chi connectivity index (χ3v) is 6.68. The number of halogens is 1. The van der Waals surface area contributed by atoms with E-state index in [4.69, 9.17) is 26.3 Å². The Bertz CT molecular complexity index is 1470. The zero-order valence-electron chi connectivity index (χ0n) is 21.6. The number of pyridine rings is 3. The molecule has 0 aliphatic carbocycles. The van der Waals surface area contributed by atoms with E-state index in [-0.39, 0.29) is 24.7 Å². The molecule has 4 aromatic rings. The first-order chi connectivity index (χ1) is 18.2. The number of morpholine rings is 1. The van der Waals surface area contributed by atoms with E-state index in [0.29, 0.717) is 21.8 Å². The molecule has 1 saturated heterocycles. The fraction of sp³-hybridized carbons (Fsp3) is 0.310. The van der Waals surface area contributed by atoms with Gasteiger partial charge in [-0.3, -0.25) is 9.78 Å². The van der Waals surface area contributed by atoms with Crippen molar-refractivity contribution in [3.8, 4) is 11.4 Å². The summed E-state index contributed by atoms with van der Waals surface area (Å²) in [5.41, 5.74) is 3.95. The van der Waals surface area contributed by atoms with E-state index < -0.39 is 6.10 Å². The van der Waals surface area contributed by atoms with Crippen LogP contribution in [-0.4, -0.2) is 51.3 Å². The number of anilines is 1. The molecule has 1 fully saturated rings. The molecule has 2 N–H and O–H groups in total. The van der Waals surface area contributed by atoms with E-state index in [9.17, 15) is 9.90 Å². The van der Waals surface area contributed by atoms with Gasteiger partial charge in [-0.2, -0.15) is 0 Å². The summed E-state index contributed by atoms with van der Waals surface area (Å²) in [6, 6.07) is 16.6. The van der Waals surface area contributed by atoms with Crippen LogP contribution in [0.4, 0.5) is 5.82 Å². The molecule has 0 spiro atoms. The fourth-order valence-electron chi connectivity index (χ4n) is 4.66. The number of carbonyl (C=O) groups excluding carboxylic acids is 1. The molecule has 0 unspecified atom stereocenters. The van der Waals surface area contributed by atoms with Gasteiger partial charge in [0.2, 0.25) is 0 Å². The summed E-state index contributed by atoms with van der Waals surface area (Å²) >= 11 is 6.13. The largest absolute Gasteiger partial charge is 0.389 e. The van der Waals surface area contributed by atoms with Crippen molar-refractivity contribution < 1.29 is 14.6 Å². The number of aromatic nitrogens is 3. The Morgan fingerprint density at radius 1 is 1.11 bits per heavy atom. The molecule has 0 saturated carbocycles. The molecule has 4 heterocycles. The van der Waals surface area contributed by atoms with E-state index in [2.05, 4.69) is 29.0 Å². The van der Waals surface area contributed by atoms with Crippen LogP contribution in [-0.2, 0) is 11.3 Å². The minimum Gasteiger partial charge on any atom is -0.389 e. The number of carbonyl (C=O) groups is 1. The Kier molecular flexibility index (Phi) is 7.56. The highest BCUT2D eigenvalue weighted by Gasteiger charge is 2.23. The van der Waals surface area contributed by atoms with Crippen LogP contribution in [0.1, 0.15) is 48.5 Å². The van der Waals surface area contributed by atoms with Gasteiger partial charge < -0.3 is 20.1 Å². The third kappa shape index (κ3) is 5.93. The summed E-state index contributed by atoms with van der Waals surface area (Å²) in [7, 11) is 0. The Balaban J connectivity index is 1.34. The van der Waals surface area contributed by atoms with Crippen molar-refractivity contribution in [3.63, 3.8) is 0 Å². The number of hydrogen-bond acceptors (Lipinski definition) is 7. The molecule has 0 bridgehead atoms. The van der Waals surface area contributed by atoms with Crippen LogP contribution >= 0.6 is 11.6 Å². The number of aliphatic hydroxyl groups is 1. The summed E-state index contributed by atoms with van der Waals surface area (Å²) < 4.78 is 5.86. The van der Waals surface area contributed by atoms with Crippen LogP contribution in [0.15, 0.2) is 60.8 Å². The lowest BCUT2D eigenvalue weighted by molar-refractivity contribution is -0.00545. The van der Waals surface area contributed by atoms with E-state index in [1.165, 1.54) is 0 Å². The second kappa shape index (κ2) is 11.0. The maximum atomic E-state index is 12.7. The first-order valence-electron chi connectivity index (χ1n) is 12.7. The normalized spacial score (nSPS) is 18.4. The van der Waals surface area contributed by atoms with Crippen molar-refractivity contribution in [1.29, 1.82) is 0 Å². The maximum absolute atomic E-state index is 12.7. The van der Waals surface area contributed by atoms with Crippen molar-refractivity contribution in [2.75, 3.05) is 18.0 Å². The molecule has 1 amide bonds. The molecule has 3 atom stereocenters. The number of rotatable bonds is 6. The minimum absolute atomic E-state index is 0.147. The second-order valence-electron chi connectivity index (χ2n) is 9.74. The Morgan fingerprint density at radius 3 is 2.63 bits per heavy atom. The lowest BCUT2D eigenvalue weighted by Crippen LogP contribution is -2.45. The highest BCUT2D eigenvalue weighted by molar-refractivity contribution is 6.31. The van der Waals surface area contributed by atoms with Gasteiger partial charge in [-0.15, -0.1) is 0 Å². The van der Waals surface area contributed by atoms with Crippen molar-refractivity contribution in [2.45, 2.75) is 45.6 Å². The topological polar surface area (TPSA) is 100 Å². The van der Waals surface area contributed by atoms with Gasteiger partial charge in [0.15, 0.2) is 0 Å². The van der Waals surface area contributed by atoms with Crippen LogP contribution in [0.3, 0.4) is 0 Å². The van der Waals surface area contributed by atoms with Gasteiger partial charge in [0.25, 0.3) is 5.91 Å². The quantitative estimate of drug-likeness (QED) is 0.363. The third-order valence-electron chi connectivity index (χ3n) is 6.47. The summed E-state index contributed by atoms with van der Waals surface area (Å²) in [4.78, 5) is 29.2. The predicted molar refractivity (Wildman–Crippen MR) is 148 cm³/mol. The smallest absolute Gasteiger partial charge is 0.251 e. The SMILES string of the molecule is C[C@@H]1CN(c2cccc(-c3ccc4cnc(CNC(=O)c5cc(Cl)cc([C@H](C)O)c5)cc4n3)n2)C[C@H](C)O1. The van der Waals surface area contributed by atoms with E-state index in [1.54, 1.807) is 31.3 Å². The highest BCUT2D eigenvalue weighted by Crippen LogP contribution is 2.25. The Labute approximate surface area is 226 Å². The summed E-state index contributed by atoms with van der Waals surface area (Å²) in [6.45, 7) is 7.59. The molecule has 1 aliphatic rings. The molecule has 1 aromatic carbocycles. The van der Waals surface area contributed by atoms with Crippen molar-refractivity contribution >= 4 is 34.2 Å². The summed E-state index contributed by atoms with van der Waals surface area (Å²) in [6.07, 6.45) is 1.32. The van der Waals surface area contributed by atoms with Crippen molar-refractivity contribution in [1.82, 2.24) is 20.3 Å². The van der Waals surface area contributed by atoms with Gasteiger partial charge in [-0.25, -0.2) is 9.97 Å². The summed E-state index contributed by atoms with van der Waals surface area (Å²) in [5, 5.41) is 14.0. The van der Waals surface area contributed by atoms with Gasteiger partial charge in [0, 0.05) is 35.3 Å². The Hall–Kier alpha value is -3.59. The maximum Gasteiger partial charge on any atom is 0.251 e. The number of amides is 1. The molecule has 3 aromatic heterocycles. The lowest BCUT2D eigenvalue weighted by Gasteiger charge is -2.36. The van der Waals surface area contributed by atoms with Crippen LogP contribution in [0.25, 0.3) is 22.3 Å². The molecular weight excluding hydrogens is 502 g/mol. The van der Waals surface area contributed by atoms with Crippen LogP contribution in [0.2, 0.25) is 5.02 Å². The molecule has 196 valence electrons. The number of ether oxygens (including phenoxy) is 1. The van der Waals surface area contributed by atoms with E-state index in [0.717, 1.165) is 41.2 Å². The predicted octanol–water partition coefficient (Wildman–Crippen LogP) is 4.94. The second-order valence-corrected chi connectivity index (χ2v) is 10.2. The zero-order chi connectivity index (χ0) is 26.8. The van der Waals surface area contributed by atoms with Crippen molar-refractivity contribution in [2.24, 2.45) is 0 Å². The number of aliphatic hydroxyl groups excluding tert-OH is 1. The first-order valence-corrected chi connectivity index (χ1v) is 13.0. The minimum atomic E-state index is -0.723. The summed E-state index contributed by atoms with van der Waals surface area (Å²) in [5.74, 6) is 0.607. The molecule has 0 radical (unpaired) electrons. The molecule has 38 heavy (non-hydrogen) atoms.